The molecule has 128 valence electrons. The average molecular weight is 320 g/mol. The lowest BCUT2D eigenvalue weighted by atomic mass is 9.81. The van der Waals surface area contributed by atoms with Gasteiger partial charge in [0, 0.05) is 24.5 Å². The largest absolute Gasteiger partial charge is 0.498 e. The van der Waals surface area contributed by atoms with Crippen molar-refractivity contribution in [1.29, 1.82) is 0 Å². The molecule has 0 bridgehead atoms. The highest BCUT2D eigenvalue weighted by Gasteiger charge is 2.52. The summed E-state index contributed by atoms with van der Waals surface area (Å²) >= 11 is 0. The normalized spacial score (nSPS) is 29.9. The zero-order valence-electron chi connectivity index (χ0n) is 14.8. The minimum Gasteiger partial charge on any atom is -0.399 e. The van der Waals surface area contributed by atoms with Crippen molar-refractivity contribution < 1.29 is 14.4 Å². The van der Waals surface area contributed by atoms with Crippen LogP contribution < -0.4 is 5.46 Å². The maximum absolute atomic E-state index is 9.07. The molecule has 2 fully saturated rings. The molecule has 1 aromatic rings. The smallest absolute Gasteiger partial charge is 0.399 e. The van der Waals surface area contributed by atoms with Gasteiger partial charge in [0.2, 0.25) is 0 Å². The van der Waals surface area contributed by atoms with Gasteiger partial charge in [-0.2, -0.15) is 5.10 Å². The molecule has 1 saturated heterocycles. The van der Waals surface area contributed by atoms with Crippen LogP contribution in [0.25, 0.3) is 0 Å². The zero-order chi connectivity index (χ0) is 16.7. The van der Waals surface area contributed by atoms with Gasteiger partial charge in [0.1, 0.15) is 0 Å². The first-order valence-electron chi connectivity index (χ1n) is 8.83. The van der Waals surface area contributed by atoms with Crippen molar-refractivity contribution in [2.45, 2.75) is 77.0 Å². The minimum absolute atomic E-state index is 0.309. The first-order valence-corrected chi connectivity index (χ1v) is 8.83. The second-order valence-corrected chi connectivity index (χ2v) is 8.03. The Morgan fingerprint density at radius 1 is 1.17 bits per heavy atom. The highest BCUT2D eigenvalue weighted by atomic mass is 16.7. The molecular weight excluding hydrogens is 291 g/mol. The van der Waals surface area contributed by atoms with Crippen LogP contribution in [-0.4, -0.2) is 39.8 Å². The molecule has 23 heavy (non-hydrogen) atoms. The van der Waals surface area contributed by atoms with Crippen molar-refractivity contribution in [1.82, 2.24) is 9.78 Å². The Kier molecular flexibility index (Phi) is 4.60. The van der Waals surface area contributed by atoms with Crippen LogP contribution in [0.2, 0.25) is 0 Å². The summed E-state index contributed by atoms with van der Waals surface area (Å²) < 4.78 is 14.3. The van der Waals surface area contributed by atoms with Gasteiger partial charge in [0.25, 0.3) is 0 Å². The second kappa shape index (κ2) is 6.23. The molecule has 6 heteroatoms. The van der Waals surface area contributed by atoms with Crippen LogP contribution in [0, 0.1) is 5.92 Å². The number of aromatic nitrogens is 2. The number of nitrogens with zero attached hydrogens (tertiary/aromatic N) is 2. The van der Waals surface area contributed by atoms with Crippen molar-refractivity contribution in [3.05, 3.63) is 12.4 Å². The summed E-state index contributed by atoms with van der Waals surface area (Å²) in [6.45, 7) is 8.59. The molecule has 0 unspecified atom stereocenters. The molecule has 1 aliphatic carbocycles. The predicted octanol–water partition coefficient (Wildman–Crippen LogP) is 2.30. The first kappa shape index (κ1) is 17.0. The summed E-state index contributed by atoms with van der Waals surface area (Å²) in [6, 6.07) is 0.459. The molecule has 1 aliphatic heterocycles. The number of rotatable bonds is 4. The van der Waals surface area contributed by atoms with E-state index in [0.717, 1.165) is 24.7 Å². The fourth-order valence-corrected chi connectivity index (χ4v) is 3.53. The number of aliphatic hydroxyl groups is 1. The van der Waals surface area contributed by atoms with E-state index in [1.54, 1.807) is 0 Å². The summed E-state index contributed by atoms with van der Waals surface area (Å²) in [5.41, 5.74) is 0.366. The molecule has 0 spiro atoms. The summed E-state index contributed by atoms with van der Waals surface area (Å²) in [5, 5.41) is 13.6. The van der Waals surface area contributed by atoms with Gasteiger partial charge in [-0.1, -0.05) is 0 Å². The quantitative estimate of drug-likeness (QED) is 0.865. The zero-order valence-corrected chi connectivity index (χ0v) is 14.8. The van der Waals surface area contributed by atoms with Crippen LogP contribution in [0.1, 0.15) is 65.8 Å². The van der Waals surface area contributed by atoms with E-state index in [2.05, 4.69) is 43.7 Å². The summed E-state index contributed by atoms with van der Waals surface area (Å²) in [7, 11) is -0.334. The molecule has 2 heterocycles. The van der Waals surface area contributed by atoms with Gasteiger partial charge in [0.15, 0.2) is 0 Å². The summed E-state index contributed by atoms with van der Waals surface area (Å²) in [4.78, 5) is 0. The van der Waals surface area contributed by atoms with Crippen LogP contribution in [-0.2, 0) is 9.31 Å². The van der Waals surface area contributed by atoms with Gasteiger partial charge in [-0.15, -0.1) is 0 Å². The van der Waals surface area contributed by atoms with Gasteiger partial charge < -0.3 is 14.4 Å². The van der Waals surface area contributed by atoms with Gasteiger partial charge in [-0.25, -0.2) is 0 Å². The highest BCUT2D eigenvalue weighted by molar-refractivity contribution is 6.61. The molecule has 1 aromatic heterocycles. The minimum atomic E-state index is -0.334. The van der Waals surface area contributed by atoms with Crippen molar-refractivity contribution in [3.63, 3.8) is 0 Å². The number of hydrogen-bond donors (Lipinski definition) is 1. The number of aliphatic hydroxyl groups excluding tert-OH is 1. The lowest BCUT2D eigenvalue weighted by molar-refractivity contribution is 0.00578. The third-order valence-corrected chi connectivity index (χ3v) is 5.87. The molecule has 0 amide bonds. The van der Waals surface area contributed by atoms with Crippen LogP contribution in [0.3, 0.4) is 0 Å². The monoisotopic (exact) mass is 320 g/mol. The molecule has 3 rings (SSSR count). The average Bonchev–Trinajstić information content (AvgIpc) is 3.04. The van der Waals surface area contributed by atoms with Gasteiger partial charge in [-0.05, 0) is 65.7 Å². The summed E-state index contributed by atoms with van der Waals surface area (Å²) in [6.07, 6.45) is 9.52. The molecular formula is C17H29BN2O3. The third-order valence-electron chi connectivity index (χ3n) is 5.87. The second-order valence-electron chi connectivity index (χ2n) is 8.03. The molecule has 0 aromatic carbocycles. The van der Waals surface area contributed by atoms with E-state index in [9.17, 15) is 0 Å². The third kappa shape index (κ3) is 3.35. The van der Waals surface area contributed by atoms with Crippen LogP contribution in [0.4, 0.5) is 0 Å². The standard InChI is InChI=1S/C17H29BN2O3/c1-16(2)17(3,4)23-18(22-16)14-11-19-20(12-14)15-7-5-13(6-8-15)9-10-21/h11-13,15,21H,5-10H2,1-4H3/t13-,15-. The van der Waals surface area contributed by atoms with E-state index in [4.69, 9.17) is 14.4 Å². The van der Waals surface area contributed by atoms with E-state index in [1.165, 1.54) is 12.8 Å². The Morgan fingerprint density at radius 3 is 2.35 bits per heavy atom. The van der Waals surface area contributed by atoms with E-state index in [1.807, 2.05) is 6.20 Å². The van der Waals surface area contributed by atoms with Crippen LogP contribution in [0.15, 0.2) is 12.4 Å². The van der Waals surface area contributed by atoms with E-state index in [-0.39, 0.29) is 18.3 Å². The van der Waals surface area contributed by atoms with Crippen molar-refractivity contribution >= 4 is 12.6 Å². The van der Waals surface area contributed by atoms with E-state index >= 15 is 0 Å². The Bertz CT molecular complexity index is 520. The number of hydrogen-bond acceptors (Lipinski definition) is 4. The van der Waals surface area contributed by atoms with Crippen molar-refractivity contribution in [2.24, 2.45) is 5.92 Å². The maximum atomic E-state index is 9.07. The molecule has 0 atom stereocenters. The molecule has 1 saturated carbocycles. The Labute approximate surface area is 139 Å². The van der Waals surface area contributed by atoms with Gasteiger partial charge in [-0.3, -0.25) is 4.68 Å². The van der Waals surface area contributed by atoms with Gasteiger partial charge in [0.05, 0.1) is 17.2 Å². The van der Waals surface area contributed by atoms with Crippen LogP contribution >= 0.6 is 0 Å². The Balaban J connectivity index is 1.64. The fraction of sp³-hybridized carbons (Fsp3) is 0.824. The topological polar surface area (TPSA) is 56.5 Å². The first-order chi connectivity index (χ1) is 10.8. The Hall–Kier alpha value is -0.845. The van der Waals surface area contributed by atoms with Crippen molar-refractivity contribution in [2.75, 3.05) is 6.61 Å². The van der Waals surface area contributed by atoms with E-state index in [0.29, 0.717) is 18.6 Å². The van der Waals surface area contributed by atoms with Gasteiger partial charge >= 0.3 is 7.12 Å². The maximum Gasteiger partial charge on any atom is 0.498 e. The van der Waals surface area contributed by atoms with E-state index < -0.39 is 0 Å². The lowest BCUT2D eigenvalue weighted by Gasteiger charge is -2.32. The predicted molar refractivity (Wildman–Crippen MR) is 90.6 cm³/mol. The van der Waals surface area contributed by atoms with Crippen LogP contribution in [0.5, 0.6) is 0 Å². The molecule has 1 N–H and O–H groups in total. The Morgan fingerprint density at radius 2 is 1.78 bits per heavy atom. The lowest BCUT2D eigenvalue weighted by Crippen LogP contribution is -2.41. The highest BCUT2D eigenvalue weighted by Crippen LogP contribution is 2.37. The SMILES string of the molecule is CC1(C)OB(c2cnn([C@H]3CC[C@H](CCO)CC3)c2)OC1(C)C. The fourth-order valence-electron chi connectivity index (χ4n) is 3.53. The molecule has 2 aliphatic rings. The summed E-state index contributed by atoms with van der Waals surface area (Å²) in [5.74, 6) is 0.675. The molecule has 0 radical (unpaired) electrons. The molecule has 5 nitrogen and oxygen atoms in total. The van der Waals surface area contributed by atoms with Crippen molar-refractivity contribution in [3.8, 4) is 0 Å².